The van der Waals surface area contributed by atoms with Crippen LogP contribution in [0.2, 0.25) is 0 Å². The molecule has 1 saturated heterocycles. The summed E-state index contributed by atoms with van der Waals surface area (Å²) >= 11 is 0. The highest BCUT2D eigenvalue weighted by molar-refractivity contribution is 7.89. The van der Waals surface area contributed by atoms with Gasteiger partial charge >= 0.3 is 0 Å². The number of benzene rings is 1. The third kappa shape index (κ3) is 3.62. The summed E-state index contributed by atoms with van der Waals surface area (Å²) in [6.45, 7) is 4.17. The molecule has 1 heterocycles. The van der Waals surface area contributed by atoms with Crippen molar-refractivity contribution in [2.75, 3.05) is 44.3 Å². The Labute approximate surface area is 120 Å². The Hall–Kier alpha value is -1.31. The van der Waals surface area contributed by atoms with Gasteiger partial charge in [-0.1, -0.05) is 0 Å². The van der Waals surface area contributed by atoms with Crippen LogP contribution in [-0.4, -0.2) is 46.5 Å². The van der Waals surface area contributed by atoms with Crippen LogP contribution in [0, 0.1) is 0 Å². The fourth-order valence-corrected chi connectivity index (χ4v) is 3.21. The summed E-state index contributed by atoms with van der Waals surface area (Å²) in [4.78, 5) is 2.53. The van der Waals surface area contributed by atoms with Gasteiger partial charge in [-0.15, -0.1) is 0 Å². The van der Waals surface area contributed by atoms with E-state index in [1.54, 1.807) is 12.1 Å². The van der Waals surface area contributed by atoms with Crippen LogP contribution in [0.5, 0.6) is 0 Å². The van der Waals surface area contributed by atoms with Gasteiger partial charge in [-0.3, -0.25) is 0 Å². The lowest BCUT2D eigenvalue weighted by Gasteiger charge is -2.16. The predicted molar refractivity (Wildman–Crippen MR) is 81.3 cm³/mol. The second-order valence-electron chi connectivity index (χ2n) is 4.94. The molecule has 2 rings (SSSR count). The lowest BCUT2D eigenvalue weighted by molar-refractivity contribution is 0.352. The summed E-state index contributed by atoms with van der Waals surface area (Å²) in [5.74, 6) is 0. The molecule has 1 fully saturated rings. The monoisotopic (exact) mass is 298 g/mol. The van der Waals surface area contributed by atoms with Gasteiger partial charge in [-0.05, 0) is 51.2 Å². The van der Waals surface area contributed by atoms with Gasteiger partial charge in [0, 0.05) is 18.8 Å². The van der Waals surface area contributed by atoms with E-state index in [0.717, 1.165) is 18.8 Å². The third-order valence-corrected chi connectivity index (χ3v) is 5.01. The molecule has 0 unspecified atom stereocenters. The largest absolute Gasteiger partial charge is 0.398 e. The van der Waals surface area contributed by atoms with Crippen molar-refractivity contribution in [1.29, 1.82) is 0 Å². The molecule has 1 aromatic carbocycles. The van der Waals surface area contributed by atoms with Crippen LogP contribution in [0.3, 0.4) is 0 Å². The summed E-state index contributed by atoms with van der Waals surface area (Å²) in [6.07, 6.45) is 2.56. The topological polar surface area (TPSA) is 87.5 Å². The number of nitrogens with two attached hydrogens (primary N) is 1. The fourth-order valence-electron chi connectivity index (χ4n) is 2.38. The van der Waals surface area contributed by atoms with Crippen molar-refractivity contribution in [3.8, 4) is 0 Å². The van der Waals surface area contributed by atoms with Crippen LogP contribution in [0.25, 0.3) is 0 Å². The number of nitrogen functional groups attached to an aromatic ring is 1. The van der Waals surface area contributed by atoms with Gasteiger partial charge in [0.2, 0.25) is 10.0 Å². The van der Waals surface area contributed by atoms with Gasteiger partial charge in [0.05, 0.1) is 5.69 Å². The van der Waals surface area contributed by atoms with E-state index >= 15 is 0 Å². The van der Waals surface area contributed by atoms with E-state index in [-0.39, 0.29) is 10.6 Å². The van der Waals surface area contributed by atoms with Crippen molar-refractivity contribution < 1.29 is 8.42 Å². The van der Waals surface area contributed by atoms with E-state index in [1.807, 2.05) is 0 Å². The lowest BCUT2D eigenvalue weighted by atomic mass is 10.3. The number of likely N-dealkylation sites (tertiary alicyclic amines) is 1. The van der Waals surface area contributed by atoms with Crippen molar-refractivity contribution in [3.63, 3.8) is 0 Å². The number of hydrogen-bond donors (Lipinski definition) is 3. The SMILES string of the molecule is CNS(=O)(=O)c1ccc(NCCN2CCCC2)cc1N. The first-order valence-corrected chi connectivity index (χ1v) is 8.30. The number of hydrogen-bond acceptors (Lipinski definition) is 5. The van der Waals surface area contributed by atoms with Crippen molar-refractivity contribution >= 4 is 21.4 Å². The minimum atomic E-state index is -3.49. The van der Waals surface area contributed by atoms with E-state index in [4.69, 9.17) is 5.73 Å². The van der Waals surface area contributed by atoms with Crippen molar-refractivity contribution in [2.24, 2.45) is 0 Å². The van der Waals surface area contributed by atoms with Crippen molar-refractivity contribution in [2.45, 2.75) is 17.7 Å². The average molecular weight is 298 g/mol. The summed E-state index contributed by atoms with van der Waals surface area (Å²) in [5.41, 5.74) is 6.91. The molecule has 0 aromatic heterocycles. The zero-order valence-corrected chi connectivity index (χ0v) is 12.5. The van der Waals surface area contributed by atoms with E-state index in [0.29, 0.717) is 0 Å². The molecule has 7 heteroatoms. The lowest BCUT2D eigenvalue weighted by Crippen LogP contribution is -2.26. The molecule has 112 valence electrons. The molecule has 0 amide bonds. The molecule has 0 saturated carbocycles. The first kappa shape index (κ1) is 15.1. The molecule has 20 heavy (non-hydrogen) atoms. The molecule has 0 aliphatic carbocycles. The molecular formula is C13H22N4O2S. The van der Waals surface area contributed by atoms with Crippen molar-refractivity contribution in [3.05, 3.63) is 18.2 Å². The Balaban J connectivity index is 1.95. The second-order valence-corrected chi connectivity index (χ2v) is 6.79. The standard InChI is InChI=1S/C13H22N4O2S/c1-15-20(18,19)13-5-4-11(10-12(13)14)16-6-9-17-7-2-3-8-17/h4-5,10,15-16H,2-3,6-9,14H2,1H3. The predicted octanol–water partition coefficient (Wildman–Crippen LogP) is 0.685. The van der Waals surface area contributed by atoms with Gasteiger partial charge in [0.1, 0.15) is 4.90 Å². The van der Waals surface area contributed by atoms with E-state index in [1.165, 1.54) is 39.0 Å². The average Bonchev–Trinajstić information content (AvgIpc) is 2.92. The number of nitrogens with zero attached hydrogens (tertiary/aromatic N) is 1. The van der Waals surface area contributed by atoms with Gasteiger partial charge in [-0.25, -0.2) is 13.1 Å². The first-order chi connectivity index (χ1) is 9.53. The molecule has 0 atom stereocenters. The Kier molecular flexibility index (Phi) is 4.85. The highest BCUT2D eigenvalue weighted by atomic mass is 32.2. The van der Waals surface area contributed by atoms with Crippen LogP contribution in [0.4, 0.5) is 11.4 Å². The number of anilines is 2. The Morgan fingerprint density at radius 3 is 2.60 bits per heavy atom. The number of nitrogens with one attached hydrogen (secondary N) is 2. The van der Waals surface area contributed by atoms with E-state index in [9.17, 15) is 8.42 Å². The van der Waals surface area contributed by atoms with Gasteiger partial charge in [-0.2, -0.15) is 0 Å². The third-order valence-electron chi connectivity index (χ3n) is 3.52. The Morgan fingerprint density at radius 2 is 2.00 bits per heavy atom. The molecule has 4 N–H and O–H groups in total. The minimum absolute atomic E-state index is 0.116. The smallest absolute Gasteiger partial charge is 0.242 e. The highest BCUT2D eigenvalue weighted by Crippen LogP contribution is 2.22. The van der Waals surface area contributed by atoms with Crippen molar-refractivity contribution in [1.82, 2.24) is 9.62 Å². The zero-order chi connectivity index (χ0) is 14.6. The summed E-state index contributed by atoms with van der Waals surface area (Å²) in [6, 6.07) is 4.93. The molecule has 0 radical (unpaired) electrons. The molecule has 6 nitrogen and oxygen atoms in total. The molecule has 1 aromatic rings. The van der Waals surface area contributed by atoms with Gasteiger partial charge < -0.3 is 16.0 Å². The maximum Gasteiger partial charge on any atom is 0.242 e. The van der Waals surface area contributed by atoms with E-state index < -0.39 is 10.0 Å². The van der Waals surface area contributed by atoms with Crippen LogP contribution >= 0.6 is 0 Å². The van der Waals surface area contributed by atoms with Gasteiger partial charge in [0.25, 0.3) is 0 Å². The molecule has 0 spiro atoms. The van der Waals surface area contributed by atoms with Crippen LogP contribution < -0.4 is 15.8 Å². The van der Waals surface area contributed by atoms with Gasteiger partial charge in [0.15, 0.2) is 0 Å². The first-order valence-electron chi connectivity index (χ1n) is 6.82. The van der Waals surface area contributed by atoms with E-state index in [2.05, 4.69) is 14.9 Å². The summed E-state index contributed by atoms with van der Waals surface area (Å²) < 4.78 is 25.7. The minimum Gasteiger partial charge on any atom is -0.398 e. The molecule has 0 bridgehead atoms. The zero-order valence-electron chi connectivity index (χ0n) is 11.7. The summed E-state index contributed by atoms with van der Waals surface area (Å²) in [7, 11) is -2.12. The molecular weight excluding hydrogens is 276 g/mol. The van der Waals surface area contributed by atoms with Crippen LogP contribution in [0.1, 0.15) is 12.8 Å². The maximum absolute atomic E-state index is 11.7. The number of rotatable bonds is 6. The van der Waals surface area contributed by atoms with Crippen LogP contribution in [-0.2, 0) is 10.0 Å². The number of sulfonamides is 1. The maximum atomic E-state index is 11.7. The second kappa shape index (κ2) is 6.43. The summed E-state index contributed by atoms with van der Waals surface area (Å²) in [5, 5.41) is 3.27. The molecule has 1 aliphatic rings. The fraction of sp³-hybridized carbons (Fsp3) is 0.538. The quantitative estimate of drug-likeness (QED) is 0.672. The van der Waals surface area contributed by atoms with Crippen LogP contribution in [0.15, 0.2) is 23.1 Å². The Bertz CT molecular complexity index is 553. The normalized spacial score (nSPS) is 16.4. The highest BCUT2D eigenvalue weighted by Gasteiger charge is 2.15. The molecule has 1 aliphatic heterocycles. The Morgan fingerprint density at radius 1 is 1.30 bits per heavy atom.